The van der Waals surface area contributed by atoms with E-state index in [-0.39, 0.29) is 5.78 Å². The van der Waals surface area contributed by atoms with Crippen LogP contribution < -0.4 is 0 Å². The van der Waals surface area contributed by atoms with Crippen molar-refractivity contribution in [3.05, 3.63) is 69.7 Å². The van der Waals surface area contributed by atoms with Gasteiger partial charge in [-0.05, 0) is 31.0 Å². The molecular weight excluding hydrogens is 344 g/mol. The Labute approximate surface area is 138 Å². The molecule has 0 heterocycles. The number of carbonyl (C=O) groups is 2. The lowest BCUT2D eigenvalue weighted by Gasteiger charge is -2.15. The van der Waals surface area contributed by atoms with Crippen molar-refractivity contribution in [3.63, 3.8) is 0 Å². The Morgan fingerprint density at radius 3 is 2.36 bits per heavy atom. The number of ether oxygens (including phenoxy) is 1. The van der Waals surface area contributed by atoms with E-state index in [0.717, 1.165) is 10.0 Å². The molecule has 3 nitrogen and oxygen atoms in total. The van der Waals surface area contributed by atoms with Crippen LogP contribution >= 0.6 is 15.9 Å². The number of halogens is 1. The molecule has 4 heteroatoms. The van der Waals surface area contributed by atoms with Crippen LogP contribution in [0.3, 0.4) is 0 Å². The molecule has 0 fully saturated rings. The second-order valence-corrected chi connectivity index (χ2v) is 5.85. The Bertz CT molecular complexity index is 680. The van der Waals surface area contributed by atoms with Gasteiger partial charge in [-0.1, -0.05) is 59.3 Å². The molecule has 0 saturated heterocycles. The lowest BCUT2D eigenvalue weighted by Crippen LogP contribution is -2.26. The van der Waals surface area contributed by atoms with Crippen LogP contribution in [0.1, 0.15) is 39.6 Å². The standard InChI is InChI=1S/C18H17BrO3/c1-3-16(17(20)13-7-5-4-6-8-13)22-18(21)14-10-9-12(2)15(19)11-14/h4-11,16H,3H2,1-2H3/t16-/m1/s1. The number of hydrogen-bond donors (Lipinski definition) is 0. The highest BCUT2D eigenvalue weighted by Crippen LogP contribution is 2.19. The summed E-state index contributed by atoms with van der Waals surface area (Å²) in [7, 11) is 0. The first-order valence-electron chi connectivity index (χ1n) is 7.09. The predicted octanol–water partition coefficient (Wildman–Crippen LogP) is 4.58. The molecule has 1 atom stereocenters. The molecule has 2 aromatic carbocycles. The number of carbonyl (C=O) groups excluding carboxylic acids is 2. The maximum atomic E-state index is 12.4. The molecule has 22 heavy (non-hydrogen) atoms. The van der Waals surface area contributed by atoms with Crippen LogP contribution in [0.4, 0.5) is 0 Å². The van der Waals surface area contributed by atoms with E-state index in [1.807, 2.05) is 26.0 Å². The minimum absolute atomic E-state index is 0.178. The third-order valence-corrected chi connectivity index (χ3v) is 4.23. The fraction of sp³-hybridized carbons (Fsp3) is 0.222. The van der Waals surface area contributed by atoms with Gasteiger partial charge in [-0.15, -0.1) is 0 Å². The van der Waals surface area contributed by atoms with E-state index in [9.17, 15) is 9.59 Å². The number of esters is 1. The van der Waals surface area contributed by atoms with E-state index < -0.39 is 12.1 Å². The zero-order valence-corrected chi connectivity index (χ0v) is 14.1. The molecule has 0 bridgehead atoms. The van der Waals surface area contributed by atoms with Gasteiger partial charge in [0.15, 0.2) is 6.10 Å². The highest BCUT2D eigenvalue weighted by molar-refractivity contribution is 9.10. The largest absolute Gasteiger partial charge is 0.450 e. The predicted molar refractivity (Wildman–Crippen MR) is 89.1 cm³/mol. The SMILES string of the molecule is CC[C@@H](OC(=O)c1ccc(C)c(Br)c1)C(=O)c1ccccc1. The van der Waals surface area contributed by atoms with Gasteiger partial charge in [-0.3, -0.25) is 4.79 Å². The first kappa shape index (κ1) is 16.4. The summed E-state index contributed by atoms with van der Waals surface area (Å²) >= 11 is 3.39. The van der Waals surface area contributed by atoms with Crippen LogP contribution in [0.25, 0.3) is 0 Å². The average molecular weight is 361 g/mol. The number of benzene rings is 2. The molecule has 0 spiro atoms. The molecule has 0 aliphatic rings. The van der Waals surface area contributed by atoms with Gasteiger partial charge in [-0.2, -0.15) is 0 Å². The average Bonchev–Trinajstić information content (AvgIpc) is 2.55. The van der Waals surface area contributed by atoms with Gasteiger partial charge in [0.2, 0.25) is 5.78 Å². The molecule has 0 aromatic heterocycles. The van der Waals surface area contributed by atoms with Gasteiger partial charge in [-0.25, -0.2) is 4.79 Å². The zero-order chi connectivity index (χ0) is 16.1. The summed E-state index contributed by atoms with van der Waals surface area (Å²) in [5.74, 6) is -0.667. The minimum Gasteiger partial charge on any atom is -0.450 e. The van der Waals surface area contributed by atoms with Crippen molar-refractivity contribution >= 4 is 27.7 Å². The fourth-order valence-electron chi connectivity index (χ4n) is 2.03. The number of rotatable bonds is 5. The summed E-state index contributed by atoms with van der Waals surface area (Å²) in [6.07, 6.45) is -0.332. The lowest BCUT2D eigenvalue weighted by molar-refractivity contribution is 0.0277. The van der Waals surface area contributed by atoms with Gasteiger partial charge in [0.05, 0.1) is 5.56 Å². The Hall–Kier alpha value is -1.94. The Balaban J connectivity index is 2.14. The summed E-state index contributed by atoms with van der Waals surface area (Å²) < 4.78 is 6.22. The lowest BCUT2D eigenvalue weighted by atomic mass is 10.0. The first-order valence-corrected chi connectivity index (χ1v) is 7.88. The second kappa shape index (κ2) is 7.36. The topological polar surface area (TPSA) is 43.4 Å². The number of hydrogen-bond acceptors (Lipinski definition) is 3. The number of ketones is 1. The molecule has 2 aromatic rings. The molecule has 0 aliphatic heterocycles. The van der Waals surface area contributed by atoms with Crippen LogP contribution in [-0.4, -0.2) is 17.9 Å². The Morgan fingerprint density at radius 2 is 1.77 bits per heavy atom. The monoisotopic (exact) mass is 360 g/mol. The van der Waals surface area contributed by atoms with Gasteiger partial charge < -0.3 is 4.74 Å². The molecule has 2 rings (SSSR count). The maximum Gasteiger partial charge on any atom is 0.338 e. The third kappa shape index (κ3) is 3.83. The van der Waals surface area contributed by atoms with Crippen LogP contribution in [0.5, 0.6) is 0 Å². The number of aryl methyl sites for hydroxylation is 1. The van der Waals surface area contributed by atoms with E-state index in [4.69, 9.17) is 4.74 Å². The minimum atomic E-state index is -0.769. The van der Waals surface area contributed by atoms with Crippen molar-refractivity contribution < 1.29 is 14.3 Å². The highest BCUT2D eigenvalue weighted by atomic mass is 79.9. The quantitative estimate of drug-likeness (QED) is 0.579. The molecular formula is C18H17BrO3. The van der Waals surface area contributed by atoms with E-state index in [1.165, 1.54) is 0 Å². The summed E-state index contributed by atoms with van der Waals surface area (Å²) in [4.78, 5) is 24.6. The van der Waals surface area contributed by atoms with Crippen LogP contribution in [-0.2, 0) is 4.74 Å². The van der Waals surface area contributed by atoms with E-state index in [1.54, 1.807) is 36.4 Å². The van der Waals surface area contributed by atoms with Crippen molar-refractivity contribution in [3.8, 4) is 0 Å². The molecule has 0 amide bonds. The normalized spacial score (nSPS) is 11.8. The molecule has 0 aliphatic carbocycles. The van der Waals surface area contributed by atoms with Crippen molar-refractivity contribution in [1.29, 1.82) is 0 Å². The van der Waals surface area contributed by atoms with Crippen molar-refractivity contribution in [2.24, 2.45) is 0 Å². The van der Waals surface area contributed by atoms with Crippen molar-refractivity contribution in [1.82, 2.24) is 0 Å². The van der Waals surface area contributed by atoms with Crippen LogP contribution in [0.2, 0.25) is 0 Å². The van der Waals surface area contributed by atoms with E-state index >= 15 is 0 Å². The highest BCUT2D eigenvalue weighted by Gasteiger charge is 2.23. The summed E-state index contributed by atoms with van der Waals surface area (Å²) in [6.45, 7) is 3.76. The zero-order valence-electron chi connectivity index (χ0n) is 12.5. The second-order valence-electron chi connectivity index (χ2n) is 5.00. The number of Topliss-reactive ketones (excluding diaryl/α,β-unsaturated/α-hetero) is 1. The molecule has 0 saturated carbocycles. The molecule has 0 N–H and O–H groups in total. The smallest absolute Gasteiger partial charge is 0.338 e. The summed E-state index contributed by atoms with van der Waals surface area (Å²) in [6, 6.07) is 14.1. The van der Waals surface area contributed by atoms with E-state index in [2.05, 4.69) is 15.9 Å². The fourth-order valence-corrected chi connectivity index (χ4v) is 2.41. The first-order chi connectivity index (χ1) is 10.5. The van der Waals surface area contributed by atoms with Crippen molar-refractivity contribution in [2.45, 2.75) is 26.4 Å². The molecule has 0 radical (unpaired) electrons. The van der Waals surface area contributed by atoms with Crippen LogP contribution in [0, 0.1) is 6.92 Å². The summed E-state index contributed by atoms with van der Waals surface area (Å²) in [5, 5.41) is 0. The summed E-state index contributed by atoms with van der Waals surface area (Å²) in [5.41, 5.74) is 2.01. The van der Waals surface area contributed by atoms with Gasteiger partial charge in [0, 0.05) is 10.0 Å². The molecule has 114 valence electrons. The van der Waals surface area contributed by atoms with Crippen LogP contribution in [0.15, 0.2) is 53.0 Å². The van der Waals surface area contributed by atoms with Gasteiger partial charge in [0.1, 0.15) is 0 Å². The third-order valence-electron chi connectivity index (χ3n) is 3.38. The van der Waals surface area contributed by atoms with E-state index in [0.29, 0.717) is 17.5 Å². The Kier molecular flexibility index (Phi) is 5.50. The van der Waals surface area contributed by atoms with Crippen molar-refractivity contribution in [2.75, 3.05) is 0 Å². The Morgan fingerprint density at radius 1 is 1.09 bits per heavy atom. The van der Waals surface area contributed by atoms with Gasteiger partial charge in [0.25, 0.3) is 0 Å². The molecule has 0 unspecified atom stereocenters. The maximum absolute atomic E-state index is 12.4. The van der Waals surface area contributed by atoms with Gasteiger partial charge >= 0.3 is 5.97 Å².